The van der Waals surface area contributed by atoms with Crippen LogP contribution in [0.15, 0.2) is 47.4 Å². The van der Waals surface area contributed by atoms with Gasteiger partial charge in [-0.05, 0) is 68.7 Å². The Morgan fingerprint density at radius 3 is 2.74 bits per heavy atom. The lowest BCUT2D eigenvalue weighted by molar-refractivity contribution is 0.00460. The highest BCUT2D eigenvalue weighted by Crippen LogP contribution is 2.39. The summed E-state index contributed by atoms with van der Waals surface area (Å²) in [4.78, 5) is 27.0. The molecule has 1 aliphatic rings. The van der Waals surface area contributed by atoms with Gasteiger partial charge in [0, 0.05) is 47.7 Å². The third-order valence-electron chi connectivity index (χ3n) is 6.49. The highest BCUT2D eigenvalue weighted by Gasteiger charge is 2.28. The van der Waals surface area contributed by atoms with Crippen LogP contribution in [0.2, 0.25) is 5.02 Å². The fourth-order valence-corrected chi connectivity index (χ4v) is 4.72. The summed E-state index contributed by atoms with van der Waals surface area (Å²) in [5.74, 6) is 0.115. The van der Waals surface area contributed by atoms with Crippen LogP contribution in [-0.2, 0) is 11.8 Å². The Bertz CT molecular complexity index is 1470. The number of nitrogens with zero attached hydrogens (tertiary/aromatic N) is 4. The summed E-state index contributed by atoms with van der Waals surface area (Å²) >= 11 is 5.98. The van der Waals surface area contributed by atoms with Crippen molar-refractivity contribution in [3.8, 4) is 11.3 Å². The molecule has 8 heteroatoms. The van der Waals surface area contributed by atoms with Crippen LogP contribution in [-0.4, -0.2) is 26.1 Å². The van der Waals surface area contributed by atoms with Gasteiger partial charge in [-0.15, -0.1) is 0 Å². The molecule has 174 valence electrons. The lowest BCUT2D eigenvalue weighted by Crippen LogP contribution is -2.23. The quantitative estimate of drug-likeness (QED) is 0.392. The van der Waals surface area contributed by atoms with Crippen LogP contribution in [0.1, 0.15) is 47.6 Å². The number of ether oxygens (including phenoxy) is 1. The molecule has 4 heterocycles. The maximum atomic E-state index is 15.0. The van der Waals surface area contributed by atoms with Gasteiger partial charge in [-0.2, -0.15) is 0 Å². The van der Waals surface area contributed by atoms with Gasteiger partial charge in [-0.3, -0.25) is 19.3 Å². The first kappa shape index (κ1) is 22.6. The number of aryl methyl sites for hydroxylation is 2. The zero-order chi connectivity index (χ0) is 24.0. The van der Waals surface area contributed by atoms with Crippen molar-refractivity contribution < 1.29 is 9.13 Å². The van der Waals surface area contributed by atoms with E-state index in [-0.39, 0.29) is 33.9 Å². The third kappa shape index (κ3) is 4.10. The van der Waals surface area contributed by atoms with Crippen LogP contribution in [0, 0.1) is 19.7 Å². The van der Waals surface area contributed by atoms with E-state index in [1.165, 1.54) is 10.6 Å². The minimum absolute atomic E-state index is 0.0666. The van der Waals surface area contributed by atoms with Crippen LogP contribution < -0.4 is 5.56 Å². The second-order valence-electron chi connectivity index (χ2n) is 8.75. The largest absolute Gasteiger partial charge is 0.373 e. The maximum absolute atomic E-state index is 15.0. The van der Waals surface area contributed by atoms with Crippen molar-refractivity contribution in [2.75, 3.05) is 6.61 Å². The number of benzene rings is 1. The summed E-state index contributed by atoms with van der Waals surface area (Å²) < 4.78 is 22.5. The van der Waals surface area contributed by atoms with E-state index in [1.807, 2.05) is 25.1 Å². The molecule has 34 heavy (non-hydrogen) atoms. The van der Waals surface area contributed by atoms with Crippen molar-refractivity contribution in [3.63, 3.8) is 0 Å². The Morgan fingerprint density at radius 1 is 1.15 bits per heavy atom. The molecule has 2 atom stereocenters. The van der Waals surface area contributed by atoms with E-state index < -0.39 is 5.82 Å². The predicted octanol–water partition coefficient (Wildman–Crippen LogP) is 5.44. The molecule has 0 amide bonds. The molecule has 0 radical (unpaired) electrons. The van der Waals surface area contributed by atoms with Crippen LogP contribution in [0.25, 0.3) is 22.2 Å². The molecule has 5 rings (SSSR count). The predicted molar refractivity (Wildman–Crippen MR) is 130 cm³/mol. The topological polar surface area (TPSA) is 69.9 Å². The van der Waals surface area contributed by atoms with E-state index in [9.17, 15) is 9.18 Å². The Kier molecular flexibility index (Phi) is 5.91. The van der Waals surface area contributed by atoms with Gasteiger partial charge in [-0.25, -0.2) is 9.37 Å². The van der Waals surface area contributed by atoms with Gasteiger partial charge in [0.05, 0.1) is 22.7 Å². The number of halogens is 2. The number of hydrogen-bond acceptors (Lipinski definition) is 5. The van der Waals surface area contributed by atoms with E-state index in [2.05, 4.69) is 9.97 Å². The summed E-state index contributed by atoms with van der Waals surface area (Å²) in [7, 11) is 1.65. The Balaban J connectivity index is 1.66. The van der Waals surface area contributed by atoms with Crippen LogP contribution in [0.3, 0.4) is 0 Å². The zero-order valence-electron chi connectivity index (χ0n) is 19.2. The SMILES string of the molecule is Cc1cc([C@@H]2C[C@H](c3cc4nc(C)n(C)c(=O)c4c(-c4ccc(Cl)cc4F)n3)CCO2)ccn1. The standard InChI is InChI=1S/C26H24ClFN4O2/c1-14-10-17(6-8-29-14)23-11-16(7-9-34-23)21-13-22-24(26(33)32(3)15(2)30-22)25(31-21)19-5-4-18(27)12-20(19)28/h4-6,8,10,12-13,16,23H,7,9,11H2,1-3H3/t16-,23+/m1/s1. The smallest absolute Gasteiger partial charge is 0.263 e. The first-order valence-corrected chi connectivity index (χ1v) is 11.6. The number of fused-ring (bicyclic) bond motifs is 1. The monoisotopic (exact) mass is 478 g/mol. The Labute approximate surface area is 201 Å². The lowest BCUT2D eigenvalue weighted by Gasteiger charge is -2.30. The van der Waals surface area contributed by atoms with E-state index >= 15 is 0 Å². The molecular weight excluding hydrogens is 455 g/mol. The molecular formula is C26H24ClFN4O2. The second kappa shape index (κ2) is 8.89. The van der Waals surface area contributed by atoms with Gasteiger partial charge < -0.3 is 4.74 Å². The fourth-order valence-electron chi connectivity index (χ4n) is 4.56. The highest BCUT2D eigenvalue weighted by atomic mass is 35.5. The minimum atomic E-state index is -0.529. The minimum Gasteiger partial charge on any atom is -0.373 e. The molecule has 6 nitrogen and oxygen atoms in total. The molecule has 1 aliphatic heterocycles. The number of aromatic nitrogens is 4. The van der Waals surface area contributed by atoms with E-state index in [0.717, 1.165) is 23.4 Å². The first-order chi connectivity index (χ1) is 16.3. The Morgan fingerprint density at radius 2 is 1.97 bits per heavy atom. The molecule has 0 unspecified atom stereocenters. The van der Waals surface area contributed by atoms with Gasteiger partial charge in [0.15, 0.2) is 0 Å². The average Bonchev–Trinajstić information content (AvgIpc) is 2.82. The van der Waals surface area contributed by atoms with E-state index in [1.54, 1.807) is 32.3 Å². The van der Waals surface area contributed by atoms with Crippen molar-refractivity contribution in [1.82, 2.24) is 19.5 Å². The molecule has 3 aromatic heterocycles. The summed E-state index contributed by atoms with van der Waals surface area (Å²) in [6.07, 6.45) is 3.18. The van der Waals surface area contributed by atoms with Gasteiger partial charge in [0.1, 0.15) is 11.6 Å². The molecule has 0 spiro atoms. The summed E-state index contributed by atoms with van der Waals surface area (Å²) in [5, 5.41) is 0.579. The Hall–Kier alpha value is -3.16. The number of hydrogen-bond donors (Lipinski definition) is 0. The fraction of sp³-hybridized carbons (Fsp3) is 0.308. The maximum Gasteiger partial charge on any atom is 0.263 e. The zero-order valence-corrected chi connectivity index (χ0v) is 19.9. The molecule has 0 bridgehead atoms. The summed E-state index contributed by atoms with van der Waals surface area (Å²) in [5.41, 5.74) is 3.55. The van der Waals surface area contributed by atoms with E-state index in [0.29, 0.717) is 29.8 Å². The molecule has 0 aliphatic carbocycles. The van der Waals surface area contributed by atoms with Crippen LogP contribution >= 0.6 is 11.6 Å². The van der Waals surface area contributed by atoms with Gasteiger partial charge in [-0.1, -0.05) is 11.6 Å². The normalized spacial score (nSPS) is 18.4. The molecule has 1 saturated heterocycles. The van der Waals surface area contributed by atoms with Gasteiger partial charge in [0.2, 0.25) is 0 Å². The average molecular weight is 479 g/mol. The number of pyridine rings is 2. The van der Waals surface area contributed by atoms with Crippen molar-refractivity contribution in [2.24, 2.45) is 7.05 Å². The molecule has 0 saturated carbocycles. The van der Waals surface area contributed by atoms with E-state index in [4.69, 9.17) is 21.3 Å². The molecule has 1 aromatic carbocycles. The van der Waals surface area contributed by atoms with Gasteiger partial charge in [0.25, 0.3) is 5.56 Å². The van der Waals surface area contributed by atoms with Crippen LogP contribution in [0.5, 0.6) is 0 Å². The van der Waals surface area contributed by atoms with Crippen molar-refractivity contribution >= 4 is 22.5 Å². The van der Waals surface area contributed by atoms with Crippen LogP contribution in [0.4, 0.5) is 4.39 Å². The van der Waals surface area contributed by atoms with Crippen molar-refractivity contribution in [2.45, 2.75) is 38.7 Å². The van der Waals surface area contributed by atoms with Crippen molar-refractivity contribution in [3.05, 3.63) is 86.6 Å². The molecule has 1 fully saturated rings. The highest BCUT2D eigenvalue weighted by molar-refractivity contribution is 6.30. The third-order valence-corrected chi connectivity index (χ3v) is 6.72. The summed E-state index contributed by atoms with van der Waals surface area (Å²) in [6, 6.07) is 10.3. The summed E-state index contributed by atoms with van der Waals surface area (Å²) in [6.45, 7) is 4.31. The second-order valence-corrected chi connectivity index (χ2v) is 9.18. The lowest BCUT2D eigenvalue weighted by atomic mass is 9.88. The first-order valence-electron chi connectivity index (χ1n) is 11.2. The number of rotatable bonds is 3. The van der Waals surface area contributed by atoms with Crippen molar-refractivity contribution in [1.29, 1.82) is 0 Å². The molecule has 4 aromatic rings. The molecule has 0 N–H and O–H groups in total. The van der Waals surface area contributed by atoms with Gasteiger partial charge >= 0.3 is 0 Å².